The van der Waals surface area contributed by atoms with Gasteiger partial charge >= 0.3 is 0 Å². The summed E-state index contributed by atoms with van der Waals surface area (Å²) in [5.74, 6) is 3.27. The lowest BCUT2D eigenvalue weighted by Crippen LogP contribution is -2.58. The van der Waals surface area contributed by atoms with Gasteiger partial charge in [0.25, 0.3) is 0 Å². The molecule has 4 saturated carbocycles. The number of hydrogen-bond acceptors (Lipinski definition) is 2. The zero-order valence-electron chi connectivity index (χ0n) is 18.5. The maximum Gasteiger partial charge on any atom is 0.218 e. The molecule has 2 unspecified atom stereocenters. The maximum atomic E-state index is 12.9. The van der Waals surface area contributed by atoms with Gasteiger partial charge in [0.15, 0.2) is 0 Å². The third-order valence-electron chi connectivity index (χ3n) is 10.1. The van der Waals surface area contributed by atoms with E-state index in [-0.39, 0.29) is 10.5 Å². The highest BCUT2D eigenvalue weighted by atomic mass is 32.1. The van der Waals surface area contributed by atoms with Crippen LogP contribution in [0.4, 0.5) is 0 Å². The fraction of sp³-hybridized carbons (Fsp3) is 0.960. The second-order valence-corrected chi connectivity index (χ2v) is 11.5. The van der Waals surface area contributed by atoms with E-state index >= 15 is 0 Å². The number of carbonyl (C=O) groups excluding carboxylic acids is 1. The van der Waals surface area contributed by atoms with Crippen LogP contribution in [0.3, 0.4) is 0 Å². The molecule has 28 heavy (non-hydrogen) atoms. The summed E-state index contributed by atoms with van der Waals surface area (Å²) < 4.78 is 6.51. The minimum atomic E-state index is -0.635. The van der Waals surface area contributed by atoms with Gasteiger partial charge in [-0.25, -0.2) is 0 Å². The topological polar surface area (TPSA) is 26.3 Å². The van der Waals surface area contributed by atoms with E-state index in [1.54, 1.807) is 0 Å². The molecule has 0 amide bonds. The Morgan fingerprint density at radius 3 is 2.50 bits per heavy atom. The molecule has 0 aliphatic heterocycles. The van der Waals surface area contributed by atoms with Crippen molar-refractivity contribution in [1.29, 1.82) is 0 Å². The second-order valence-electron chi connectivity index (χ2n) is 11.1. The molecule has 4 aliphatic rings. The largest absolute Gasteiger partial charge is 0.366 e. The molecular weight excluding hydrogens is 364 g/mol. The molecule has 4 aliphatic carbocycles. The van der Waals surface area contributed by atoms with Crippen LogP contribution in [0.15, 0.2) is 0 Å². The number of thiol groups is 1. The molecule has 0 bridgehead atoms. The first-order valence-corrected chi connectivity index (χ1v) is 12.7. The van der Waals surface area contributed by atoms with Gasteiger partial charge in [-0.05, 0) is 86.9 Å². The van der Waals surface area contributed by atoms with Crippen molar-refractivity contribution in [3.63, 3.8) is 0 Å². The molecule has 0 aromatic rings. The number of fused-ring (bicyclic) bond motifs is 5. The van der Waals surface area contributed by atoms with Crippen LogP contribution in [-0.2, 0) is 9.53 Å². The first-order valence-electron chi connectivity index (χ1n) is 12.3. The Labute approximate surface area is 178 Å². The summed E-state index contributed by atoms with van der Waals surface area (Å²) in [6, 6.07) is 0. The van der Waals surface area contributed by atoms with Crippen molar-refractivity contribution in [2.75, 3.05) is 6.61 Å². The van der Waals surface area contributed by atoms with E-state index in [9.17, 15) is 4.79 Å². The Bertz CT molecular complexity index is 591. The molecule has 0 N–H and O–H groups in total. The molecule has 0 saturated heterocycles. The van der Waals surface area contributed by atoms with Crippen molar-refractivity contribution in [3.8, 4) is 0 Å². The third kappa shape index (κ3) is 3.04. The van der Waals surface area contributed by atoms with Crippen LogP contribution in [0.2, 0.25) is 0 Å². The summed E-state index contributed by atoms with van der Waals surface area (Å²) in [5.41, 5.74) is -0.0956. The smallest absolute Gasteiger partial charge is 0.218 e. The number of ether oxygens (including phenoxy) is 1. The van der Waals surface area contributed by atoms with Crippen LogP contribution in [0.5, 0.6) is 0 Å². The van der Waals surface area contributed by atoms with E-state index in [1.807, 2.05) is 0 Å². The van der Waals surface area contributed by atoms with Gasteiger partial charge in [-0.2, -0.15) is 0 Å². The number of carbonyl (C=O) groups is 1. The monoisotopic (exact) mass is 406 g/mol. The molecule has 4 rings (SSSR count). The Balaban J connectivity index is 1.58. The molecule has 0 spiro atoms. The first kappa shape index (κ1) is 21.2. The van der Waals surface area contributed by atoms with E-state index in [2.05, 4.69) is 33.4 Å². The summed E-state index contributed by atoms with van der Waals surface area (Å²) in [5, 5.41) is 0.00464. The van der Waals surface area contributed by atoms with Gasteiger partial charge in [-0.3, -0.25) is 4.79 Å². The molecule has 3 heteroatoms. The van der Waals surface area contributed by atoms with Crippen molar-refractivity contribution < 1.29 is 9.53 Å². The highest BCUT2D eigenvalue weighted by Crippen LogP contribution is 2.69. The average Bonchev–Trinajstić information content (AvgIpc) is 2.98. The van der Waals surface area contributed by atoms with E-state index in [4.69, 9.17) is 4.74 Å². The van der Waals surface area contributed by atoms with Crippen molar-refractivity contribution in [2.45, 2.75) is 110 Å². The Morgan fingerprint density at radius 2 is 1.75 bits per heavy atom. The zero-order valence-corrected chi connectivity index (χ0v) is 19.4. The molecule has 0 radical (unpaired) electrons. The minimum Gasteiger partial charge on any atom is -0.366 e. The zero-order chi connectivity index (χ0) is 20.0. The van der Waals surface area contributed by atoms with Crippen LogP contribution < -0.4 is 0 Å². The Morgan fingerprint density at radius 1 is 0.964 bits per heavy atom. The fourth-order valence-electron chi connectivity index (χ4n) is 8.54. The predicted octanol–water partition coefficient (Wildman–Crippen LogP) is 6.82. The van der Waals surface area contributed by atoms with Gasteiger partial charge in [0.2, 0.25) is 5.12 Å². The van der Waals surface area contributed by atoms with E-state index in [1.165, 1.54) is 64.2 Å². The van der Waals surface area contributed by atoms with E-state index in [0.717, 1.165) is 43.6 Å². The predicted molar refractivity (Wildman–Crippen MR) is 119 cm³/mol. The van der Waals surface area contributed by atoms with Crippen LogP contribution in [0.1, 0.15) is 104 Å². The van der Waals surface area contributed by atoms with E-state index in [0.29, 0.717) is 11.3 Å². The second kappa shape index (κ2) is 7.91. The lowest BCUT2D eigenvalue weighted by molar-refractivity contribution is -0.177. The van der Waals surface area contributed by atoms with Crippen molar-refractivity contribution in [3.05, 3.63) is 0 Å². The summed E-state index contributed by atoms with van der Waals surface area (Å²) in [7, 11) is 0. The molecule has 2 nitrogen and oxygen atoms in total. The number of rotatable bonds is 6. The third-order valence-corrected chi connectivity index (χ3v) is 10.5. The molecule has 160 valence electrons. The standard InChI is InChI=1S/C25H42O2S/c1-4-5-8-17-27-25(22(26)28)16-13-21-19-11-10-18-9-6-7-14-23(18,2)20(19)12-15-24(21,25)3/h18-21H,4-17H2,1-3H3,(H,26,28)/t18?,19-,20-,21+,23+,24+,25?/m1/s1. The molecular formula is C25H42O2S. The molecule has 0 heterocycles. The number of hydrogen-bond donors (Lipinski definition) is 1. The van der Waals surface area contributed by atoms with Gasteiger partial charge in [0, 0.05) is 12.0 Å². The van der Waals surface area contributed by atoms with Crippen molar-refractivity contribution >= 4 is 17.7 Å². The summed E-state index contributed by atoms with van der Waals surface area (Å²) in [4.78, 5) is 12.9. The van der Waals surface area contributed by atoms with Gasteiger partial charge < -0.3 is 4.74 Å². The van der Waals surface area contributed by atoms with Gasteiger partial charge in [0.1, 0.15) is 5.60 Å². The highest BCUT2D eigenvalue weighted by Gasteiger charge is 2.67. The maximum absolute atomic E-state index is 12.9. The van der Waals surface area contributed by atoms with Gasteiger partial charge in [-0.1, -0.05) is 46.5 Å². The molecule has 0 aromatic heterocycles. The molecule has 7 atom stereocenters. The Hall–Kier alpha value is -0.0200. The fourth-order valence-corrected chi connectivity index (χ4v) is 8.97. The molecule has 0 aromatic carbocycles. The van der Waals surface area contributed by atoms with Crippen LogP contribution in [0, 0.1) is 34.5 Å². The summed E-state index contributed by atoms with van der Waals surface area (Å²) in [6.07, 6.45) is 16.5. The van der Waals surface area contributed by atoms with Crippen molar-refractivity contribution in [1.82, 2.24) is 0 Å². The van der Waals surface area contributed by atoms with Crippen LogP contribution in [-0.4, -0.2) is 17.3 Å². The van der Waals surface area contributed by atoms with Crippen LogP contribution >= 0.6 is 12.6 Å². The lowest BCUT2D eigenvalue weighted by atomic mass is 9.44. The summed E-state index contributed by atoms with van der Waals surface area (Å²) >= 11 is 4.42. The minimum absolute atomic E-state index is 0.00464. The summed E-state index contributed by atoms with van der Waals surface area (Å²) in [6.45, 7) is 7.96. The Kier molecular flexibility index (Phi) is 6.00. The van der Waals surface area contributed by atoms with E-state index < -0.39 is 5.60 Å². The first-order chi connectivity index (χ1) is 13.4. The molecule has 4 fully saturated rings. The van der Waals surface area contributed by atoms with Crippen LogP contribution in [0.25, 0.3) is 0 Å². The van der Waals surface area contributed by atoms with Gasteiger partial charge in [-0.15, -0.1) is 12.6 Å². The van der Waals surface area contributed by atoms with Gasteiger partial charge in [0.05, 0.1) is 0 Å². The normalized spacial score (nSPS) is 47.9. The number of unbranched alkanes of at least 4 members (excludes halogenated alkanes) is 2. The SMILES string of the molecule is CCCCCOC1(C(=O)S)CC[C@H]2[C@@H]3CCC4CCCC[C@]4(C)[C@@H]3CC[C@@]21C. The van der Waals surface area contributed by atoms with Crippen molar-refractivity contribution in [2.24, 2.45) is 34.5 Å². The quantitative estimate of drug-likeness (QED) is 0.387. The highest BCUT2D eigenvalue weighted by molar-refractivity contribution is 7.96. The lowest BCUT2D eigenvalue weighted by Gasteiger charge is -2.61. The average molecular weight is 407 g/mol.